The molecule has 3 rings (SSSR count). The molecule has 1 unspecified atom stereocenters. The fraction of sp³-hybridized carbons (Fsp3) is 0.150. The molecule has 0 bridgehead atoms. The van der Waals surface area contributed by atoms with Crippen molar-refractivity contribution in [2.75, 3.05) is 11.9 Å². The lowest BCUT2D eigenvalue weighted by atomic mass is 10.0. The Labute approximate surface area is 157 Å². The van der Waals surface area contributed by atoms with Crippen molar-refractivity contribution < 1.29 is 18.3 Å². The molecule has 0 aliphatic rings. The van der Waals surface area contributed by atoms with Crippen molar-refractivity contribution in [2.45, 2.75) is 17.9 Å². The smallest absolute Gasteiger partial charge is 0.240 e. The first kappa shape index (κ1) is 19.0. The van der Waals surface area contributed by atoms with Crippen LogP contribution in [0.5, 0.6) is 0 Å². The highest BCUT2D eigenvalue weighted by Gasteiger charge is 2.18. The summed E-state index contributed by atoms with van der Waals surface area (Å²) < 4.78 is 27.3. The van der Waals surface area contributed by atoms with Crippen molar-refractivity contribution in [3.05, 3.63) is 72.3 Å². The summed E-state index contributed by atoms with van der Waals surface area (Å²) in [6.07, 6.45) is -0.982. The van der Waals surface area contributed by atoms with Crippen LogP contribution < -0.4 is 10.0 Å². The Hall–Kier alpha value is -2.74. The van der Waals surface area contributed by atoms with Gasteiger partial charge in [0, 0.05) is 19.2 Å². The molecule has 0 saturated carbocycles. The summed E-state index contributed by atoms with van der Waals surface area (Å²) >= 11 is 0. The number of anilines is 1. The second-order valence-electron chi connectivity index (χ2n) is 6.14. The predicted molar refractivity (Wildman–Crippen MR) is 105 cm³/mol. The second-order valence-corrected chi connectivity index (χ2v) is 7.91. The van der Waals surface area contributed by atoms with Crippen molar-refractivity contribution in [1.29, 1.82) is 0 Å². The van der Waals surface area contributed by atoms with Crippen molar-refractivity contribution in [3.8, 4) is 0 Å². The van der Waals surface area contributed by atoms with E-state index in [1.165, 1.54) is 31.2 Å². The lowest BCUT2D eigenvalue weighted by Crippen LogP contribution is -2.28. The third kappa shape index (κ3) is 4.51. The van der Waals surface area contributed by atoms with Gasteiger partial charge in [-0.3, -0.25) is 4.79 Å². The fourth-order valence-electron chi connectivity index (χ4n) is 2.84. The molecule has 3 aromatic carbocycles. The molecular formula is C20H20N2O4S. The normalized spacial score (nSPS) is 12.7. The quantitative estimate of drug-likeness (QED) is 0.609. The minimum atomic E-state index is -3.78. The second kappa shape index (κ2) is 7.87. The van der Waals surface area contributed by atoms with Gasteiger partial charge in [-0.25, -0.2) is 13.1 Å². The molecule has 27 heavy (non-hydrogen) atoms. The lowest BCUT2D eigenvalue weighted by molar-refractivity contribution is -0.114. The summed E-state index contributed by atoms with van der Waals surface area (Å²) in [5.74, 6) is -0.234. The number of fused-ring (bicyclic) bond motifs is 1. The summed E-state index contributed by atoms with van der Waals surface area (Å²) in [5.41, 5.74) is 1.18. The highest BCUT2D eigenvalue weighted by Crippen LogP contribution is 2.24. The van der Waals surface area contributed by atoms with Crippen LogP contribution in [0.15, 0.2) is 71.6 Å². The Morgan fingerprint density at radius 3 is 2.37 bits per heavy atom. The number of hydrogen-bond donors (Lipinski definition) is 3. The molecule has 0 heterocycles. The van der Waals surface area contributed by atoms with Gasteiger partial charge in [-0.05, 0) is 40.6 Å². The van der Waals surface area contributed by atoms with E-state index in [1.807, 2.05) is 36.4 Å². The zero-order chi connectivity index (χ0) is 19.4. The SMILES string of the molecule is CC(=O)Nc1ccc(S(=O)(=O)NCC(O)c2cccc3ccccc23)cc1. The molecule has 1 amide bonds. The molecular weight excluding hydrogens is 364 g/mol. The Morgan fingerprint density at radius 1 is 1.00 bits per heavy atom. The first-order valence-electron chi connectivity index (χ1n) is 8.40. The van der Waals surface area contributed by atoms with Crippen LogP contribution in [-0.2, 0) is 14.8 Å². The Morgan fingerprint density at radius 2 is 1.67 bits per heavy atom. The Kier molecular flexibility index (Phi) is 5.55. The van der Waals surface area contributed by atoms with E-state index >= 15 is 0 Å². The molecule has 0 aromatic heterocycles. The van der Waals surface area contributed by atoms with E-state index in [9.17, 15) is 18.3 Å². The molecule has 6 nitrogen and oxygen atoms in total. The number of aliphatic hydroxyl groups excluding tert-OH is 1. The maximum atomic E-state index is 12.5. The van der Waals surface area contributed by atoms with Gasteiger partial charge in [0.15, 0.2) is 0 Å². The molecule has 1 atom stereocenters. The van der Waals surface area contributed by atoms with Crippen molar-refractivity contribution >= 4 is 32.4 Å². The number of rotatable bonds is 6. The maximum Gasteiger partial charge on any atom is 0.240 e. The predicted octanol–water partition coefficient (Wildman–Crippen LogP) is 2.81. The van der Waals surface area contributed by atoms with E-state index in [0.717, 1.165) is 10.8 Å². The monoisotopic (exact) mass is 384 g/mol. The van der Waals surface area contributed by atoms with E-state index in [2.05, 4.69) is 10.0 Å². The van der Waals surface area contributed by atoms with E-state index < -0.39 is 16.1 Å². The van der Waals surface area contributed by atoms with Crippen LogP contribution in [0.25, 0.3) is 10.8 Å². The number of carbonyl (C=O) groups is 1. The maximum absolute atomic E-state index is 12.5. The van der Waals surface area contributed by atoms with Crippen LogP contribution in [0, 0.1) is 0 Å². The summed E-state index contributed by atoms with van der Waals surface area (Å²) in [4.78, 5) is 11.1. The highest BCUT2D eigenvalue weighted by atomic mass is 32.2. The van der Waals surface area contributed by atoms with Gasteiger partial charge >= 0.3 is 0 Å². The van der Waals surface area contributed by atoms with Crippen molar-refractivity contribution in [1.82, 2.24) is 4.72 Å². The average Bonchev–Trinajstić information content (AvgIpc) is 2.65. The molecule has 0 radical (unpaired) electrons. The topological polar surface area (TPSA) is 95.5 Å². The molecule has 0 saturated heterocycles. The first-order chi connectivity index (χ1) is 12.9. The van der Waals surface area contributed by atoms with Crippen LogP contribution in [-0.4, -0.2) is 26.0 Å². The molecule has 3 N–H and O–H groups in total. The van der Waals surface area contributed by atoms with Gasteiger partial charge in [-0.2, -0.15) is 0 Å². The highest BCUT2D eigenvalue weighted by molar-refractivity contribution is 7.89. The number of nitrogens with one attached hydrogen (secondary N) is 2. The van der Waals surface area contributed by atoms with E-state index in [0.29, 0.717) is 11.3 Å². The van der Waals surface area contributed by atoms with Crippen LogP contribution >= 0.6 is 0 Å². The van der Waals surface area contributed by atoms with Crippen molar-refractivity contribution in [2.24, 2.45) is 0 Å². The van der Waals surface area contributed by atoms with Crippen LogP contribution in [0.3, 0.4) is 0 Å². The number of benzene rings is 3. The third-order valence-electron chi connectivity index (χ3n) is 4.13. The van der Waals surface area contributed by atoms with E-state index in [-0.39, 0.29) is 17.3 Å². The zero-order valence-corrected chi connectivity index (χ0v) is 15.5. The summed E-state index contributed by atoms with van der Waals surface area (Å²) in [7, 11) is -3.78. The first-order valence-corrected chi connectivity index (χ1v) is 9.88. The van der Waals surface area contributed by atoms with Gasteiger partial charge in [0.2, 0.25) is 15.9 Å². The molecule has 0 fully saturated rings. The molecule has 3 aromatic rings. The number of carbonyl (C=O) groups excluding carboxylic acids is 1. The van der Waals surface area contributed by atoms with Gasteiger partial charge < -0.3 is 10.4 Å². The number of hydrogen-bond acceptors (Lipinski definition) is 4. The summed E-state index contributed by atoms with van der Waals surface area (Å²) in [5, 5.41) is 14.9. The molecule has 140 valence electrons. The molecule has 0 aliphatic carbocycles. The number of amides is 1. The largest absolute Gasteiger partial charge is 0.387 e. The van der Waals surface area contributed by atoms with Crippen LogP contribution in [0.1, 0.15) is 18.6 Å². The van der Waals surface area contributed by atoms with Gasteiger partial charge in [-0.1, -0.05) is 42.5 Å². The van der Waals surface area contributed by atoms with Gasteiger partial charge in [0.25, 0.3) is 0 Å². The van der Waals surface area contributed by atoms with Gasteiger partial charge in [0.05, 0.1) is 11.0 Å². The van der Waals surface area contributed by atoms with Gasteiger partial charge in [-0.15, -0.1) is 0 Å². The van der Waals surface area contributed by atoms with E-state index in [1.54, 1.807) is 6.07 Å². The minimum absolute atomic E-state index is 0.0571. The lowest BCUT2D eigenvalue weighted by Gasteiger charge is -2.15. The van der Waals surface area contributed by atoms with E-state index in [4.69, 9.17) is 0 Å². The molecule has 0 spiro atoms. The standard InChI is InChI=1S/C20H20N2O4S/c1-14(23)22-16-9-11-17(12-10-16)27(25,26)21-13-20(24)19-8-4-6-15-5-2-3-7-18(15)19/h2-12,20-21,24H,13H2,1H3,(H,22,23). The molecule has 7 heteroatoms. The Balaban J connectivity index is 1.73. The third-order valence-corrected chi connectivity index (χ3v) is 5.57. The molecule has 0 aliphatic heterocycles. The number of aliphatic hydroxyl groups is 1. The number of sulfonamides is 1. The van der Waals surface area contributed by atoms with Crippen LogP contribution in [0.2, 0.25) is 0 Å². The van der Waals surface area contributed by atoms with Crippen molar-refractivity contribution in [3.63, 3.8) is 0 Å². The fourth-order valence-corrected chi connectivity index (χ4v) is 3.88. The Bertz CT molecular complexity index is 1060. The summed E-state index contributed by atoms with van der Waals surface area (Å²) in [6, 6.07) is 19.0. The van der Waals surface area contributed by atoms with Crippen LogP contribution in [0.4, 0.5) is 5.69 Å². The zero-order valence-electron chi connectivity index (χ0n) is 14.7. The summed E-state index contributed by atoms with van der Waals surface area (Å²) in [6.45, 7) is 1.23. The average molecular weight is 384 g/mol. The van der Waals surface area contributed by atoms with Gasteiger partial charge in [0.1, 0.15) is 0 Å². The minimum Gasteiger partial charge on any atom is -0.387 e.